The summed E-state index contributed by atoms with van der Waals surface area (Å²) >= 11 is 6.43. The second-order valence-corrected chi connectivity index (χ2v) is 8.35. The number of aromatic nitrogens is 5. The van der Waals surface area contributed by atoms with Gasteiger partial charge in [-0.3, -0.25) is 4.79 Å². The van der Waals surface area contributed by atoms with Crippen LogP contribution in [0.25, 0.3) is 11.4 Å². The smallest absolute Gasteiger partial charge is 0.352 e. The van der Waals surface area contributed by atoms with E-state index in [4.69, 9.17) is 16.3 Å². The molecule has 1 aliphatic rings. The summed E-state index contributed by atoms with van der Waals surface area (Å²) in [5.74, 6) is -0.0621. The summed E-state index contributed by atoms with van der Waals surface area (Å²) in [7, 11) is 0. The summed E-state index contributed by atoms with van der Waals surface area (Å²) < 4.78 is 19.5. The van der Waals surface area contributed by atoms with Crippen molar-refractivity contribution in [2.75, 3.05) is 36.5 Å². The van der Waals surface area contributed by atoms with Crippen molar-refractivity contribution in [3.05, 3.63) is 77.7 Å². The summed E-state index contributed by atoms with van der Waals surface area (Å²) in [5.41, 5.74) is 6.19. The van der Waals surface area contributed by atoms with Crippen LogP contribution in [0.5, 0.6) is 0 Å². The van der Waals surface area contributed by atoms with Crippen LogP contribution in [0.2, 0.25) is 5.02 Å². The molecule has 13 heteroatoms. The Balaban J connectivity index is 1.19. The molecule has 1 aliphatic heterocycles. The molecule has 11 nitrogen and oxygen atoms in total. The summed E-state index contributed by atoms with van der Waals surface area (Å²) in [6.07, 6.45) is 5.93. The molecule has 0 radical (unpaired) electrons. The molecule has 0 spiro atoms. The third-order valence-electron chi connectivity index (χ3n) is 5.46. The first-order valence-electron chi connectivity index (χ1n) is 11.4. The van der Waals surface area contributed by atoms with Crippen molar-refractivity contribution < 1.29 is 19.3 Å². The van der Waals surface area contributed by atoms with Crippen LogP contribution < -0.4 is 21.1 Å². The minimum Gasteiger partial charge on any atom is -0.378 e. The normalized spacial score (nSPS) is 13.3. The molecule has 1 fully saturated rings. The van der Waals surface area contributed by atoms with Gasteiger partial charge in [0.05, 0.1) is 42.0 Å². The summed E-state index contributed by atoms with van der Waals surface area (Å²) in [5, 5.41) is 3.66. The predicted octanol–water partition coefficient (Wildman–Crippen LogP) is 2.24. The molecule has 1 aromatic carbocycles. The summed E-state index contributed by atoms with van der Waals surface area (Å²) in [6.45, 7) is 2.05. The van der Waals surface area contributed by atoms with Gasteiger partial charge in [0.25, 0.3) is 0 Å². The van der Waals surface area contributed by atoms with Gasteiger partial charge in [0.2, 0.25) is 0 Å². The quantitative estimate of drug-likeness (QED) is 0.190. The first-order valence-corrected chi connectivity index (χ1v) is 11.7. The monoisotopic (exact) mass is 522 g/mol. The molecule has 0 bridgehead atoms. The number of ether oxygens (including phenoxy) is 1. The van der Waals surface area contributed by atoms with Gasteiger partial charge in [-0.1, -0.05) is 11.6 Å². The van der Waals surface area contributed by atoms with Gasteiger partial charge < -0.3 is 15.0 Å². The topological polar surface area (TPSA) is 135 Å². The van der Waals surface area contributed by atoms with Gasteiger partial charge in [-0.2, -0.15) is 20.8 Å². The van der Waals surface area contributed by atoms with E-state index >= 15 is 0 Å². The molecule has 4 N–H and O–H groups in total. The van der Waals surface area contributed by atoms with Gasteiger partial charge in [-0.25, -0.2) is 19.3 Å². The molecule has 4 aromatic rings. The number of hydrogen-bond acceptors (Lipinski definition) is 9. The van der Waals surface area contributed by atoms with Crippen LogP contribution >= 0.6 is 11.6 Å². The van der Waals surface area contributed by atoms with Crippen LogP contribution in [-0.2, 0) is 4.74 Å². The van der Waals surface area contributed by atoms with Crippen molar-refractivity contribution in [3.63, 3.8) is 0 Å². The van der Waals surface area contributed by atoms with Crippen LogP contribution in [0, 0.1) is 5.82 Å². The highest BCUT2D eigenvalue weighted by Gasteiger charge is 2.20. The largest absolute Gasteiger partial charge is 0.378 e. The number of amides is 1. The number of anilines is 3. The highest BCUT2D eigenvalue weighted by Crippen LogP contribution is 2.29. The van der Waals surface area contributed by atoms with E-state index in [1.807, 2.05) is 12.1 Å². The molecule has 37 heavy (non-hydrogen) atoms. The average molecular weight is 523 g/mol. The van der Waals surface area contributed by atoms with Crippen LogP contribution in [-0.4, -0.2) is 57.1 Å². The zero-order chi connectivity index (χ0) is 25.6. The first kappa shape index (κ1) is 24.4. The maximum Gasteiger partial charge on any atom is 0.352 e. The first-order chi connectivity index (χ1) is 18.1. The SMILES string of the molecule is O=C(N[NH2+]c1ncc(F)c(N2CCOCC2)n1)c1ccc(Nc2ccc(-c3ncccn3)cc2Cl)cn1. The zero-order valence-electron chi connectivity index (χ0n) is 19.4. The Labute approximate surface area is 216 Å². The molecule has 0 atom stereocenters. The lowest BCUT2D eigenvalue weighted by Crippen LogP contribution is -2.90. The molecule has 1 amide bonds. The molecule has 4 heterocycles. The zero-order valence-corrected chi connectivity index (χ0v) is 20.2. The van der Waals surface area contributed by atoms with Gasteiger partial charge in [0, 0.05) is 31.0 Å². The number of nitrogens with zero attached hydrogens (tertiary/aromatic N) is 6. The third-order valence-corrected chi connectivity index (χ3v) is 5.77. The number of hydrogen-bond donors (Lipinski definition) is 3. The van der Waals surface area contributed by atoms with E-state index < -0.39 is 11.7 Å². The second kappa shape index (κ2) is 11.2. The van der Waals surface area contributed by atoms with Gasteiger partial charge in [-0.15, -0.1) is 0 Å². The fraction of sp³-hybridized carbons (Fsp3) is 0.167. The Hall–Kier alpha value is -4.26. The molecular weight excluding hydrogens is 501 g/mol. The predicted molar refractivity (Wildman–Crippen MR) is 134 cm³/mol. The number of pyridine rings is 1. The van der Waals surface area contributed by atoms with Crippen molar-refractivity contribution in [2.24, 2.45) is 0 Å². The Bertz CT molecular complexity index is 1390. The number of quaternary nitrogens is 1. The number of rotatable bonds is 7. The highest BCUT2D eigenvalue weighted by atomic mass is 35.5. The van der Waals surface area contributed by atoms with Crippen LogP contribution in [0.3, 0.4) is 0 Å². The number of nitrogens with two attached hydrogens (primary N) is 1. The van der Waals surface area contributed by atoms with Crippen molar-refractivity contribution in [1.29, 1.82) is 0 Å². The summed E-state index contributed by atoms with van der Waals surface area (Å²) in [4.78, 5) is 35.1. The lowest BCUT2D eigenvalue weighted by Gasteiger charge is -2.27. The third kappa shape index (κ3) is 5.94. The molecule has 0 aliphatic carbocycles. The maximum absolute atomic E-state index is 14.2. The number of halogens is 2. The highest BCUT2D eigenvalue weighted by molar-refractivity contribution is 6.33. The minimum absolute atomic E-state index is 0.175. The van der Waals surface area contributed by atoms with Crippen molar-refractivity contribution >= 4 is 40.6 Å². The Morgan fingerprint density at radius 3 is 2.59 bits per heavy atom. The Morgan fingerprint density at radius 2 is 1.86 bits per heavy atom. The van der Waals surface area contributed by atoms with Crippen molar-refractivity contribution in [1.82, 2.24) is 30.3 Å². The van der Waals surface area contributed by atoms with Crippen LogP contribution in [0.1, 0.15) is 10.5 Å². The Morgan fingerprint density at radius 1 is 1.05 bits per heavy atom. The standard InChI is InChI=1S/C24H21ClFN9O2/c25-17-12-15(21-27-6-1-7-28-21)2-4-19(17)31-16-3-5-20(29-13-16)23(36)33-34-24-30-14-18(26)22(32-24)35-8-10-37-11-9-35/h1-7,12-14,31H,8-11H2,(H,33,36)(H,30,32,34)/p+1. The van der Waals surface area contributed by atoms with E-state index in [1.165, 1.54) is 11.6 Å². The van der Waals surface area contributed by atoms with Crippen LogP contribution in [0.4, 0.5) is 27.5 Å². The molecular formula is C24H22ClFN9O2+. The molecule has 1 saturated heterocycles. The van der Waals surface area contributed by atoms with E-state index in [9.17, 15) is 9.18 Å². The molecule has 188 valence electrons. The molecule has 3 aromatic heterocycles. The van der Waals surface area contributed by atoms with Gasteiger partial charge in [-0.05, 0) is 36.4 Å². The number of morpholine rings is 1. The number of nitrogens with one attached hydrogen (secondary N) is 2. The van der Waals surface area contributed by atoms with Gasteiger partial charge in [0.1, 0.15) is 5.69 Å². The van der Waals surface area contributed by atoms with E-state index in [0.717, 1.165) is 11.8 Å². The fourth-order valence-corrected chi connectivity index (χ4v) is 3.83. The summed E-state index contributed by atoms with van der Waals surface area (Å²) in [6, 6.07) is 10.5. The van der Waals surface area contributed by atoms with Crippen LogP contribution in [0.15, 0.2) is 61.2 Å². The maximum atomic E-state index is 14.2. The minimum atomic E-state index is -0.529. The number of carbonyl (C=O) groups excluding carboxylic acids is 1. The average Bonchev–Trinajstić information content (AvgIpc) is 2.95. The number of nitrogen functional groups attached to an aromatic ring is 1. The van der Waals surface area contributed by atoms with Crippen molar-refractivity contribution in [2.45, 2.75) is 0 Å². The van der Waals surface area contributed by atoms with Crippen molar-refractivity contribution in [3.8, 4) is 11.4 Å². The molecule has 0 unspecified atom stereocenters. The number of carbonyl (C=O) groups is 1. The van der Waals surface area contributed by atoms with E-state index in [1.54, 1.807) is 41.6 Å². The van der Waals surface area contributed by atoms with Gasteiger partial charge >= 0.3 is 11.9 Å². The van der Waals surface area contributed by atoms with E-state index in [2.05, 4.69) is 35.7 Å². The molecule has 5 rings (SSSR count). The fourth-order valence-electron chi connectivity index (χ4n) is 3.60. The lowest BCUT2D eigenvalue weighted by atomic mass is 10.2. The van der Waals surface area contributed by atoms with Gasteiger partial charge in [0.15, 0.2) is 17.5 Å². The molecule has 0 saturated carbocycles. The second-order valence-electron chi connectivity index (χ2n) is 7.94. The lowest BCUT2D eigenvalue weighted by molar-refractivity contribution is -0.625. The van der Waals surface area contributed by atoms with E-state index in [-0.39, 0.29) is 17.5 Å². The number of benzene rings is 1. The Kier molecular flexibility index (Phi) is 7.40. The van der Waals surface area contributed by atoms with E-state index in [0.29, 0.717) is 48.5 Å².